The Hall–Kier alpha value is -5.07. The number of nitrogens with one attached hydrogen (secondary N) is 2. The molecule has 198 valence electrons. The maximum atomic E-state index is 13.0. The first-order chi connectivity index (χ1) is 18.2. The Kier molecular flexibility index (Phi) is 9.24. The van der Waals surface area contributed by atoms with E-state index in [1.165, 1.54) is 19.5 Å². The summed E-state index contributed by atoms with van der Waals surface area (Å²) in [5, 5.41) is 19.4. The highest BCUT2D eigenvalue weighted by atomic mass is 19.1. The Morgan fingerprint density at radius 3 is 2.42 bits per heavy atom. The van der Waals surface area contributed by atoms with Gasteiger partial charge in [0.25, 0.3) is 11.9 Å². The Labute approximate surface area is 216 Å². The van der Waals surface area contributed by atoms with Crippen LogP contribution in [0.15, 0.2) is 65.7 Å². The van der Waals surface area contributed by atoms with Crippen molar-refractivity contribution >= 4 is 11.8 Å². The molecule has 2 aromatic heterocycles. The lowest BCUT2D eigenvalue weighted by Crippen LogP contribution is -2.18. The minimum Gasteiger partial charge on any atom is -0.493 e. The van der Waals surface area contributed by atoms with Crippen molar-refractivity contribution in [3.05, 3.63) is 93.9 Å². The molecule has 1 unspecified atom stereocenters. The van der Waals surface area contributed by atoms with Crippen LogP contribution in [0, 0.1) is 5.41 Å². The van der Waals surface area contributed by atoms with Crippen molar-refractivity contribution in [2.24, 2.45) is 5.73 Å². The molecule has 0 aliphatic carbocycles. The minimum atomic E-state index is -1.02. The van der Waals surface area contributed by atoms with Gasteiger partial charge < -0.3 is 20.3 Å². The van der Waals surface area contributed by atoms with Crippen LogP contribution in [0.1, 0.15) is 35.4 Å². The summed E-state index contributed by atoms with van der Waals surface area (Å²) in [6, 6.07) is 14.0. The Bertz CT molecular complexity index is 1430. The van der Waals surface area contributed by atoms with Crippen molar-refractivity contribution in [1.29, 1.82) is 5.41 Å². The number of ether oxygens (including phenoxy) is 2. The standard InChI is InChI=1S/C23H22FN7O3.C2H4O2/c1-33-18-8-7-16(12-19(18)34-13-24)17(11-14-3-5-15(6-4-14)20(25)26)21-29-23(32)31(30-21)22-27-9-2-10-28-22;1-2(3)4/h2-10,12,17H,11,13H2,1H3,(H3,25,26)(H,29,30,32);1H3,(H,3,4). The highest BCUT2D eigenvalue weighted by Crippen LogP contribution is 2.34. The second-order valence-corrected chi connectivity index (χ2v) is 7.83. The normalized spacial score (nSPS) is 11.1. The molecule has 0 bridgehead atoms. The van der Waals surface area contributed by atoms with Crippen molar-refractivity contribution in [3.63, 3.8) is 0 Å². The number of benzene rings is 2. The van der Waals surface area contributed by atoms with Crippen LogP contribution in [0.5, 0.6) is 11.5 Å². The van der Waals surface area contributed by atoms with Gasteiger partial charge in [-0.1, -0.05) is 30.3 Å². The van der Waals surface area contributed by atoms with E-state index in [4.69, 9.17) is 30.5 Å². The number of nitrogen functional groups attached to an aromatic ring is 1. The third-order valence-corrected chi connectivity index (χ3v) is 5.21. The van der Waals surface area contributed by atoms with Gasteiger partial charge in [0.2, 0.25) is 6.86 Å². The van der Waals surface area contributed by atoms with E-state index in [1.807, 2.05) is 12.1 Å². The van der Waals surface area contributed by atoms with Gasteiger partial charge in [0.05, 0.1) is 7.11 Å². The molecule has 4 rings (SSSR count). The van der Waals surface area contributed by atoms with Crippen LogP contribution in [0.2, 0.25) is 0 Å². The Balaban J connectivity index is 0.000000934. The van der Waals surface area contributed by atoms with Crippen LogP contribution in [-0.2, 0) is 11.2 Å². The molecule has 2 aromatic carbocycles. The molecule has 38 heavy (non-hydrogen) atoms. The number of carboxylic acids is 1. The fourth-order valence-corrected chi connectivity index (χ4v) is 3.54. The smallest absolute Gasteiger partial charge is 0.350 e. The number of hydrogen-bond donors (Lipinski definition) is 4. The molecule has 0 saturated carbocycles. The third kappa shape index (κ3) is 7.00. The number of carbonyl (C=O) groups is 1. The van der Waals surface area contributed by atoms with Crippen LogP contribution >= 0.6 is 0 Å². The van der Waals surface area contributed by atoms with Crippen molar-refractivity contribution in [3.8, 4) is 17.4 Å². The number of carboxylic acid groups (broad SMARTS) is 1. The van der Waals surface area contributed by atoms with Gasteiger partial charge in [0.1, 0.15) is 11.7 Å². The second-order valence-electron chi connectivity index (χ2n) is 7.83. The summed E-state index contributed by atoms with van der Waals surface area (Å²) in [4.78, 5) is 32.6. The van der Waals surface area contributed by atoms with E-state index in [-0.39, 0.29) is 17.5 Å². The first-order valence-electron chi connectivity index (χ1n) is 11.2. The maximum absolute atomic E-state index is 13.0. The lowest BCUT2D eigenvalue weighted by atomic mass is 9.90. The summed E-state index contributed by atoms with van der Waals surface area (Å²) < 4.78 is 24.4. The zero-order valence-corrected chi connectivity index (χ0v) is 20.6. The summed E-state index contributed by atoms with van der Waals surface area (Å²) in [6.07, 6.45) is 3.46. The van der Waals surface area contributed by atoms with Crippen molar-refractivity contribution in [2.75, 3.05) is 14.0 Å². The number of rotatable bonds is 9. The Morgan fingerprint density at radius 2 is 1.84 bits per heavy atom. The fourth-order valence-electron chi connectivity index (χ4n) is 3.54. The molecule has 0 radical (unpaired) electrons. The molecule has 5 N–H and O–H groups in total. The molecule has 0 aliphatic rings. The largest absolute Gasteiger partial charge is 0.493 e. The van der Waals surface area contributed by atoms with E-state index in [9.17, 15) is 9.18 Å². The average Bonchev–Trinajstić information content (AvgIpc) is 3.29. The number of H-pyrrole nitrogens is 1. The van der Waals surface area contributed by atoms with Crippen molar-refractivity contribution in [1.82, 2.24) is 24.7 Å². The van der Waals surface area contributed by atoms with Crippen LogP contribution < -0.4 is 20.9 Å². The molecule has 2 heterocycles. The van der Waals surface area contributed by atoms with Crippen molar-refractivity contribution < 1.29 is 23.8 Å². The molecular weight excluding hydrogens is 497 g/mol. The number of hydrogen-bond acceptors (Lipinski definition) is 8. The number of alkyl halides is 1. The first-order valence-corrected chi connectivity index (χ1v) is 11.2. The van der Waals surface area contributed by atoms with Gasteiger partial charge >= 0.3 is 5.69 Å². The summed E-state index contributed by atoms with van der Waals surface area (Å²) in [6.45, 7) is 0.0633. The van der Waals surface area contributed by atoms with Crippen LogP contribution in [0.3, 0.4) is 0 Å². The van der Waals surface area contributed by atoms with Gasteiger partial charge in [0.15, 0.2) is 11.5 Å². The topological polar surface area (TPSA) is 182 Å². The zero-order valence-electron chi connectivity index (χ0n) is 20.6. The highest BCUT2D eigenvalue weighted by Gasteiger charge is 2.23. The zero-order chi connectivity index (χ0) is 27.7. The van der Waals surface area contributed by atoms with Gasteiger partial charge in [-0.05, 0) is 35.7 Å². The molecule has 0 amide bonds. The highest BCUT2D eigenvalue weighted by molar-refractivity contribution is 5.94. The van der Waals surface area contributed by atoms with Crippen LogP contribution in [0.4, 0.5) is 4.39 Å². The van der Waals surface area contributed by atoms with E-state index in [2.05, 4.69) is 20.1 Å². The maximum Gasteiger partial charge on any atom is 0.350 e. The lowest BCUT2D eigenvalue weighted by Gasteiger charge is -2.17. The van der Waals surface area contributed by atoms with E-state index in [1.54, 1.807) is 36.4 Å². The molecule has 0 aliphatic heterocycles. The van der Waals surface area contributed by atoms with Gasteiger partial charge in [-0.2, -0.15) is 0 Å². The van der Waals surface area contributed by atoms with E-state index in [0.717, 1.165) is 22.7 Å². The van der Waals surface area contributed by atoms with Crippen molar-refractivity contribution in [2.45, 2.75) is 19.3 Å². The second kappa shape index (κ2) is 12.8. The summed E-state index contributed by atoms with van der Waals surface area (Å²) in [7, 11) is 1.47. The number of aliphatic carboxylic acids is 1. The first kappa shape index (κ1) is 27.5. The average molecular weight is 524 g/mol. The predicted molar refractivity (Wildman–Crippen MR) is 136 cm³/mol. The van der Waals surface area contributed by atoms with E-state index in [0.29, 0.717) is 23.6 Å². The fraction of sp³-hybridized carbons (Fsp3) is 0.200. The van der Waals surface area contributed by atoms with E-state index < -0.39 is 24.4 Å². The van der Waals surface area contributed by atoms with Crippen LogP contribution in [-0.4, -0.2) is 55.6 Å². The summed E-state index contributed by atoms with van der Waals surface area (Å²) in [5.74, 6) is -0.193. The number of aromatic amines is 1. The summed E-state index contributed by atoms with van der Waals surface area (Å²) >= 11 is 0. The quantitative estimate of drug-likeness (QED) is 0.189. The molecule has 12 nitrogen and oxygen atoms in total. The third-order valence-electron chi connectivity index (χ3n) is 5.21. The van der Waals surface area contributed by atoms with Crippen LogP contribution in [0.25, 0.3) is 5.95 Å². The monoisotopic (exact) mass is 523 g/mol. The molecule has 13 heteroatoms. The van der Waals surface area contributed by atoms with E-state index >= 15 is 0 Å². The minimum absolute atomic E-state index is 0.0304. The summed E-state index contributed by atoms with van der Waals surface area (Å²) in [5.41, 5.74) is 7.29. The number of halogens is 1. The lowest BCUT2D eigenvalue weighted by molar-refractivity contribution is -0.134. The molecule has 0 saturated heterocycles. The molecule has 4 aromatic rings. The Morgan fingerprint density at radius 1 is 1.18 bits per heavy atom. The van der Waals surface area contributed by atoms with Gasteiger partial charge in [-0.15, -0.1) is 9.78 Å². The molecule has 1 atom stereocenters. The van der Waals surface area contributed by atoms with Gasteiger partial charge in [0, 0.05) is 30.8 Å². The SMILES string of the molecule is CC(=O)O.COc1ccc(C(Cc2ccc(C(=N)N)cc2)c2nn(-c3ncccn3)c(=O)[nH]2)cc1OCF. The molecule has 0 fully saturated rings. The van der Waals surface area contributed by atoms with Gasteiger partial charge in [-0.25, -0.2) is 19.2 Å². The number of nitrogens with two attached hydrogens (primary N) is 1. The number of aromatic nitrogens is 5. The number of methoxy groups -OCH3 is 1. The molecular formula is C25H26FN7O5. The van der Waals surface area contributed by atoms with Gasteiger partial charge in [-0.3, -0.25) is 15.2 Å². The number of amidine groups is 1. The predicted octanol–water partition coefficient (Wildman–Crippen LogP) is 2.41. The molecule has 0 spiro atoms. The number of nitrogens with zero attached hydrogens (tertiary/aromatic N) is 4.